The number of likely N-dealkylation sites (N-methyl/N-ethyl adjacent to an activating group) is 1. The number of rotatable bonds is 5. The number of likely N-dealkylation sites (tertiary alicyclic amines) is 1. The normalized spacial score (nSPS) is 16.1. The highest BCUT2D eigenvalue weighted by atomic mass is 16.2. The highest BCUT2D eigenvalue weighted by Gasteiger charge is 2.14. The number of nitrogens with two attached hydrogens (primary N) is 1. The van der Waals surface area contributed by atoms with Crippen LogP contribution in [0.15, 0.2) is 6.33 Å². The zero-order valence-corrected chi connectivity index (χ0v) is 10.7. The molecule has 2 N–H and O–H groups in total. The standard InChI is InChI=1S/C11H20N6O/c1-15(6-7-16-4-2-3-5-16)10(18)8-17-9-13-11(12)14-17/h9H,2-8H2,1H3,(H2,12,14). The van der Waals surface area contributed by atoms with E-state index in [4.69, 9.17) is 5.73 Å². The Balaban J connectivity index is 1.74. The monoisotopic (exact) mass is 252 g/mol. The molecule has 0 aromatic carbocycles. The van der Waals surface area contributed by atoms with Gasteiger partial charge in [0, 0.05) is 20.1 Å². The molecule has 1 fully saturated rings. The molecular formula is C11H20N6O. The van der Waals surface area contributed by atoms with Crippen LogP contribution < -0.4 is 5.73 Å². The van der Waals surface area contributed by atoms with Gasteiger partial charge in [-0.3, -0.25) is 4.79 Å². The van der Waals surface area contributed by atoms with E-state index in [1.807, 2.05) is 7.05 Å². The molecule has 1 aromatic rings. The lowest BCUT2D eigenvalue weighted by atomic mass is 10.4. The molecule has 7 nitrogen and oxygen atoms in total. The number of nitrogens with zero attached hydrogens (tertiary/aromatic N) is 5. The number of aromatic nitrogens is 3. The molecule has 0 saturated carbocycles. The summed E-state index contributed by atoms with van der Waals surface area (Å²) in [6.45, 7) is 4.20. The molecule has 0 spiro atoms. The van der Waals surface area contributed by atoms with Crippen molar-refractivity contribution in [3.05, 3.63) is 6.33 Å². The van der Waals surface area contributed by atoms with Crippen molar-refractivity contribution in [3.63, 3.8) is 0 Å². The number of carbonyl (C=O) groups is 1. The van der Waals surface area contributed by atoms with Crippen LogP contribution in [0.25, 0.3) is 0 Å². The van der Waals surface area contributed by atoms with Crippen molar-refractivity contribution in [2.45, 2.75) is 19.4 Å². The third-order valence-corrected chi connectivity index (χ3v) is 3.23. The third kappa shape index (κ3) is 3.43. The fraction of sp³-hybridized carbons (Fsp3) is 0.727. The summed E-state index contributed by atoms with van der Waals surface area (Å²) in [4.78, 5) is 19.8. The van der Waals surface area contributed by atoms with Crippen molar-refractivity contribution in [2.75, 3.05) is 39.0 Å². The fourth-order valence-corrected chi connectivity index (χ4v) is 2.07. The number of anilines is 1. The molecule has 0 radical (unpaired) electrons. The molecule has 0 atom stereocenters. The molecule has 0 aliphatic carbocycles. The van der Waals surface area contributed by atoms with Gasteiger partial charge in [-0.1, -0.05) is 0 Å². The Morgan fingerprint density at radius 3 is 2.83 bits per heavy atom. The number of carbonyl (C=O) groups excluding carboxylic acids is 1. The maximum absolute atomic E-state index is 11.9. The first-order valence-electron chi connectivity index (χ1n) is 6.26. The molecule has 0 unspecified atom stereocenters. The van der Waals surface area contributed by atoms with Crippen LogP contribution in [0.1, 0.15) is 12.8 Å². The molecule has 1 aliphatic heterocycles. The van der Waals surface area contributed by atoms with Gasteiger partial charge >= 0.3 is 0 Å². The summed E-state index contributed by atoms with van der Waals surface area (Å²) >= 11 is 0. The van der Waals surface area contributed by atoms with Crippen LogP contribution in [-0.4, -0.2) is 63.7 Å². The van der Waals surface area contributed by atoms with Crippen molar-refractivity contribution in [2.24, 2.45) is 0 Å². The van der Waals surface area contributed by atoms with Crippen molar-refractivity contribution in [1.82, 2.24) is 24.6 Å². The summed E-state index contributed by atoms with van der Waals surface area (Å²) in [5, 5.41) is 3.90. The second-order valence-electron chi connectivity index (χ2n) is 4.66. The van der Waals surface area contributed by atoms with Crippen LogP contribution in [0, 0.1) is 0 Å². The Labute approximate surface area is 107 Å². The number of amides is 1. The molecule has 1 amide bonds. The van der Waals surface area contributed by atoms with E-state index >= 15 is 0 Å². The van der Waals surface area contributed by atoms with Gasteiger partial charge in [0.2, 0.25) is 11.9 Å². The lowest BCUT2D eigenvalue weighted by Gasteiger charge is -2.21. The van der Waals surface area contributed by atoms with Gasteiger partial charge in [0.1, 0.15) is 12.9 Å². The average Bonchev–Trinajstić information content (AvgIpc) is 2.97. The SMILES string of the molecule is CN(CCN1CCCC1)C(=O)Cn1cnc(N)n1. The fourth-order valence-electron chi connectivity index (χ4n) is 2.07. The molecule has 2 rings (SSSR count). The zero-order chi connectivity index (χ0) is 13.0. The number of hydrogen-bond donors (Lipinski definition) is 1. The second kappa shape index (κ2) is 5.81. The zero-order valence-electron chi connectivity index (χ0n) is 10.7. The first kappa shape index (κ1) is 12.8. The van der Waals surface area contributed by atoms with Gasteiger partial charge in [-0.05, 0) is 25.9 Å². The van der Waals surface area contributed by atoms with E-state index in [0.717, 1.165) is 26.2 Å². The average molecular weight is 252 g/mol. The number of hydrogen-bond acceptors (Lipinski definition) is 5. The van der Waals surface area contributed by atoms with Crippen LogP contribution in [-0.2, 0) is 11.3 Å². The second-order valence-corrected chi connectivity index (χ2v) is 4.66. The lowest BCUT2D eigenvalue weighted by Crippen LogP contribution is -2.37. The summed E-state index contributed by atoms with van der Waals surface area (Å²) in [5.41, 5.74) is 5.40. The highest BCUT2D eigenvalue weighted by molar-refractivity contribution is 5.75. The minimum Gasteiger partial charge on any atom is -0.367 e. The Bertz CT molecular complexity index is 398. The molecule has 2 heterocycles. The molecule has 100 valence electrons. The smallest absolute Gasteiger partial charge is 0.244 e. The minimum atomic E-state index is 0.0269. The van der Waals surface area contributed by atoms with Crippen molar-refractivity contribution >= 4 is 11.9 Å². The maximum Gasteiger partial charge on any atom is 0.244 e. The molecule has 1 saturated heterocycles. The molecule has 1 aromatic heterocycles. The molecular weight excluding hydrogens is 232 g/mol. The summed E-state index contributed by atoms with van der Waals surface area (Å²) in [6.07, 6.45) is 4.02. The lowest BCUT2D eigenvalue weighted by molar-refractivity contribution is -0.130. The largest absolute Gasteiger partial charge is 0.367 e. The molecule has 18 heavy (non-hydrogen) atoms. The van der Waals surface area contributed by atoms with Gasteiger partial charge in [-0.15, -0.1) is 5.10 Å². The Morgan fingerprint density at radius 1 is 1.50 bits per heavy atom. The van der Waals surface area contributed by atoms with Gasteiger partial charge < -0.3 is 15.5 Å². The van der Waals surface area contributed by atoms with E-state index in [1.165, 1.54) is 23.9 Å². The first-order chi connectivity index (χ1) is 8.65. The quantitative estimate of drug-likeness (QED) is 0.758. The van der Waals surface area contributed by atoms with E-state index < -0.39 is 0 Å². The highest BCUT2D eigenvalue weighted by Crippen LogP contribution is 2.06. The van der Waals surface area contributed by atoms with Gasteiger partial charge in [-0.2, -0.15) is 0 Å². The maximum atomic E-state index is 11.9. The van der Waals surface area contributed by atoms with Crippen LogP contribution in [0.3, 0.4) is 0 Å². The van der Waals surface area contributed by atoms with Gasteiger partial charge in [-0.25, -0.2) is 9.67 Å². The first-order valence-corrected chi connectivity index (χ1v) is 6.26. The summed E-state index contributed by atoms with van der Waals surface area (Å²) in [7, 11) is 1.82. The van der Waals surface area contributed by atoms with Crippen molar-refractivity contribution in [3.8, 4) is 0 Å². The Kier molecular flexibility index (Phi) is 4.14. The molecule has 7 heteroatoms. The number of nitrogen functional groups attached to an aromatic ring is 1. The van der Waals surface area contributed by atoms with Crippen LogP contribution in [0.4, 0.5) is 5.95 Å². The minimum absolute atomic E-state index is 0.0269. The Morgan fingerprint density at radius 2 is 2.22 bits per heavy atom. The van der Waals surface area contributed by atoms with Gasteiger partial charge in [0.25, 0.3) is 0 Å². The summed E-state index contributed by atoms with van der Waals surface area (Å²) < 4.78 is 1.46. The van der Waals surface area contributed by atoms with Crippen molar-refractivity contribution < 1.29 is 4.79 Å². The van der Waals surface area contributed by atoms with Gasteiger partial charge in [0.15, 0.2) is 0 Å². The van der Waals surface area contributed by atoms with Crippen LogP contribution in [0.5, 0.6) is 0 Å². The molecule has 1 aliphatic rings. The summed E-state index contributed by atoms with van der Waals surface area (Å²) in [6, 6.07) is 0. The predicted octanol–water partition coefficient (Wildman–Crippen LogP) is -0.585. The van der Waals surface area contributed by atoms with E-state index in [2.05, 4.69) is 15.0 Å². The van der Waals surface area contributed by atoms with Gasteiger partial charge in [0.05, 0.1) is 0 Å². The van der Waals surface area contributed by atoms with E-state index in [1.54, 1.807) is 4.90 Å². The predicted molar refractivity (Wildman–Crippen MR) is 67.7 cm³/mol. The van der Waals surface area contributed by atoms with E-state index in [0.29, 0.717) is 0 Å². The van der Waals surface area contributed by atoms with E-state index in [9.17, 15) is 4.79 Å². The summed E-state index contributed by atoms with van der Waals surface area (Å²) in [5.74, 6) is 0.224. The van der Waals surface area contributed by atoms with Crippen LogP contribution >= 0.6 is 0 Å². The molecule has 0 bridgehead atoms. The van der Waals surface area contributed by atoms with E-state index in [-0.39, 0.29) is 18.4 Å². The third-order valence-electron chi connectivity index (χ3n) is 3.23. The van der Waals surface area contributed by atoms with Crippen LogP contribution in [0.2, 0.25) is 0 Å². The van der Waals surface area contributed by atoms with Crippen molar-refractivity contribution in [1.29, 1.82) is 0 Å². The Hall–Kier alpha value is -1.63. The topological polar surface area (TPSA) is 80.3 Å².